The van der Waals surface area contributed by atoms with Crippen LogP contribution in [0.1, 0.15) is 32.6 Å². The molecule has 7 heteroatoms. The van der Waals surface area contributed by atoms with E-state index >= 15 is 4.39 Å². The lowest BCUT2D eigenvalue weighted by atomic mass is 9.94. The summed E-state index contributed by atoms with van der Waals surface area (Å²) in [5.74, 6) is 0.617. The average Bonchev–Trinajstić information content (AvgIpc) is 3.46. The number of benzene rings is 1. The largest absolute Gasteiger partial charge is 0.494 e. The van der Waals surface area contributed by atoms with Crippen molar-refractivity contribution >= 4 is 17.6 Å². The van der Waals surface area contributed by atoms with Crippen LogP contribution in [0.5, 0.6) is 5.75 Å². The zero-order valence-corrected chi connectivity index (χ0v) is 15.1. The topological polar surface area (TPSA) is 70.7 Å². The normalized spacial score (nSPS) is 22.6. The molecular weight excluding hydrogens is 337 g/mol. The number of carbonyl (C=O) groups excluding carboxylic acids is 2. The summed E-state index contributed by atoms with van der Waals surface area (Å²) in [4.78, 5) is 26.0. The van der Waals surface area contributed by atoms with E-state index in [4.69, 9.17) is 4.74 Å². The number of hydrogen-bond donors (Lipinski definition) is 2. The molecular formula is C19H26FN3O3. The summed E-state index contributed by atoms with van der Waals surface area (Å²) in [5, 5.41) is 5.45. The number of anilines is 1. The van der Waals surface area contributed by atoms with Gasteiger partial charge in [0.2, 0.25) is 5.67 Å². The first-order valence-corrected chi connectivity index (χ1v) is 9.26. The van der Waals surface area contributed by atoms with Gasteiger partial charge in [0.05, 0.1) is 13.2 Å². The number of hydrogen-bond acceptors (Lipinski definition) is 3. The molecule has 1 saturated carbocycles. The number of likely N-dealkylation sites (tertiary alicyclic amines) is 1. The summed E-state index contributed by atoms with van der Waals surface area (Å²) >= 11 is 0. The van der Waals surface area contributed by atoms with E-state index in [-0.39, 0.29) is 13.0 Å². The highest BCUT2D eigenvalue weighted by Crippen LogP contribution is 2.29. The average molecular weight is 363 g/mol. The van der Waals surface area contributed by atoms with Gasteiger partial charge in [-0.1, -0.05) is 0 Å². The third-order valence-corrected chi connectivity index (χ3v) is 4.80. The highest BCUT2D eigenvalue weighted by atomic mass is 19.1. The number of nitrogens with one attached hydrogen (secondary N) is 2. The number of piperidine rings is 1. The second-order valence-corrected chi connectivity index (χ2v) is 7.03. The van der Waals surface area contributed by atoms with Gasteiger partial charge in [0, 0.05) is 18.8 Å². The molecule has 1 aromatic carbocycles. The lowest BCUT2D eigenvalue weighted by molar-refractivity contribution is -0.135. The predicted molar refractivity (Wildman–Crippen MR) is 97.0 cm³/mol. The summed E-state index contributed by atoms with van der Waals surface area (Å²) in [6.45, 7) is 3.22. The monoisotopic (exact) mass is 363 g/mol. The Morgan fingerprint density at radius 2 is 2.04 bits per heavy atom. The number of ether oxygens (including phenoxy) is 1. The Morgan fingerprint density at radius 1 is 1.31 bits per heavy atom. The number of rotatable bonds is 6. The smallest absolute Gasteiger partial charge is 0.321 e. The van der Waals surface area contributed by atoms with Crippen LogP contribution in [0.3, 0.4) is 0 Å². The molecule has 1 atom stereocenters. The Balaban J connectivity index is 1.55. The van der Waals surface area contributed by atoms with Crippen LogP contribution in [-0.4, -0.2) is 48.7 Å². The van der Waals surface area contributed by atoms with Gasteiger partial charge >= 0.3 is 6.03 Å². The Kier molecular flexibility index (Phi) is 5.64. The fraction of sp³-hybridized carbons (Fsp3) is 0.579. The molecule has 0 radical (unpaired) electrons. The third kappa shape index (κ3) is 4.65. The molecule has 1 unspecified atom stereocenters. The van der Waals surface area contributed by atoms with Gasteiger partial charge < -0.3 is 20.3 Å². The fourth-order valence-corrected chi connectivity index (χ4v) is 3.09. The molecule has 2 fully saturated rings. The summed E-state index contributed by atoms with van der Waals surface area (Å²) < 4.78 is 20.4. The van der Waals surface area contributed by atoms with Crippen LogP contribution in [0.25, 0.3) is 0 Å². The molecule has 2 aliphatic rings. The van der Waals surface area contributed by atoms with Crippen molar-refractivity contribution in [3.63, 3.8) is 0 Å². The minimum Gasteiger partial charge on any atom is -0.494 e. The molecule has 142 valence electrons. The van der Waals surface area contributed by atoms with E-state index in [1.807, 2.05) is 6.92 Å². The van der Waals surface area contributed by atoms with Gasteiger partial charge in [0.25, 0.3) is 5.91 Å². The summed E-state index contributed by atoms with van der Waals surface area (Å²) in [6.07, 6.45) is 2.80. The van der Waals surface area contributed by atoms with E-state index in [9.17, 15) is 9.59 Å². The Morgan fingerprint density at radius 3 is 2.69 bits per heavy atom. The zero-order chi connectivity index (χ0) is 18.6. The van der Waals surface area contributed by atoms with Crippen molar-refractivity contribution in [2.24, 2.45) is 5.92 Å². The number of halogens is 1. The van der Waals surface area contributed by atoms with Crippen molar-refractivity contribution in [3.05, 3.63) is 24.3 Å². The SMILES string of the molecule is CCOc1ccc(NC(=O)N2CCCC(F)(C(=O)NCC3CC3)C2)cc1. The summed E-state index contributed by atoms with van der Waals surface area (Å²) in [5.41, 5.74) is -1.41. The summed E-state index contributed by atoms with van der Waals surface area (Å²) in [7, 11) is 0. The van der Waals surface area contributed by atoms with E-state index in [2.05, 4.69) is 10.6 Å². The van der Waals surface area contributed by atoms with Crippen LogP contribution in [-0.2, 0) is 4.79 Å². The minimum atomic E-state index is -2.01. The molecule has 26 heavy (non-hydrogen) atoms. The van der Waals surface area contributed by atoms with Crippen molar-refractivity contribution < 1.29 is 18.7 Å². The molecule has 1 aliphatic heterocycles. The number of urea groups is 1. The van der Waals surface area contributed by atoms with E-state index in [0.717, 1.165) is 18.6 Å². The molecule has 6 nitrogen and oxygen atoms in total. The van der Waals surface area contributed by atoms with Crippen LogP contribution < -0.4 is 15.4 Å². The van der Waals surface area contributed by atoms with Crippen LogP contribution >= 0.6 is 0 Å². The number of alkyl halides is 1. The van der Waals surface area contributed by atoms with Crippen LogP contribution in [0.2, 0.25) is 0 Å². The summed E-state index contributed by atoms with van der Waals surface area (Å²) in [6, 6.07) is 6.60. The van der Waals surface area contributed by atoms with Gasteiger partial charge in [-0.25, -0.2) is 9.18 Å². The maximum absolute atomic E-state index is 15.1. The molecule has 3 rings (SSSR count). The fourth-order valence-electron chi connectivity index (χ4n) is 3.09. The first-order chi connectivity index (χ1) is 12.5. The Hall–Kier alpha value is -2.31. The zero-order valence-electron chi connectivity index (χ0n) is 15.1. The molecule has 1 heterocycles. The second-order valence-electron chi connectivity index (χ2n) is 7.03. The van der Waals surface area contributed by atoms with Gasteiger partial charge in [-0.15, -0.1) is 0 Å². The van der Waals surface area contributed by atoms with Crippen LogP contribution in [0.4, 0.5) is 14.9 Å². The molecule has 1 aromatic rings. The Bertz CT molecular complexity index is 648. The standard InChI is InChI=1S/C19H26FN3O3/c1-2-26-16-8-6-15(7-9-16)22-18(25)23-11-3-10-19(20,13-23)17(24)21-12-14-4-5-14/h6-9,14H,2-5,10-13H2,1H3,(H,21,24)(H,22,25). The minimum absolute atomic E-state index is 0.149. The lowest BCUT2D eigenvalue weighted by Gasteiger charge is -2.36. The molecule has 1 saturated heterocycles. The van der Waals surface area contributed by atoms with Gasteiger partial charge in [-0.3, -0.25) is 4.79 Å². The molecule has 0 bridgehead atoms. The molecule has 1 aliphatic carbocycles. The quantitative estimate of drug-likeness (QED) is 0.816. The van der Waals surface area contributed by atoms with Crippen LogP contribution in [0, 0.1) is 5.92 Å². The lowest BCUT2D eigenvalue weighted by Crippen LogP contribution is -2.56. The highest BCUT2D eigenvalue weighted by molar-refractivity contribution is 5.91. The van der Waals surface area contributed by atoms with Gasteiger partial charge in [-0.2, -0.15) is 0 Å². The second kappa shape index (κ2) is 7.93. The van der Waals surface area contributed by atoms with Gasteiger partial charge in [-0.05, 0) is 62.8 Å². The predicted octanol–water partition coefficient (Wildman–Crippen LogP) is 2.95. The molecule has 0 aromatic heterocycles. The maximum atomic E-state index is 15.1. The van der Waals surface area contributed by atoms with Crippen molar-refractivity contribution in [1.29, 1.82) is 0 Å². The van der Waals surface area contributed by atoms with Gasteiger partial charge in [0.1, 0.15) is 5.75 Å². The van der Waals surface area contributed by atoms with Crippen LogP contribution in [0.15, 0.2) is 24.3 Å². The highest BCUT2D eigenvalue weighted by Gasteiger charge is 2.44. The van der Waals surface area contributed by atoms with E-state index < -0.39 is 17.6 Å². The molecule has 3 amide bonds. The van der Waals surface area contributed by atoms with E-state index in [0.29, 0.717) is 37.7 Å². The third-order valence-electron chi connectivity index (χ3n) is 4.80. The van der Waals surface area contributed by atoms with Crippen molar-refractivity contribution in [2.45, 2.75) is 38.3 Å². The van der Waals surface area contributed by atoms with Crippen molar-refractivity contribution in [1.82, 2.24) is 10.2 Å². The Labute approximate surface area is 153 Å². The number of carbonyl (C=O) groups is 2. The first-order valence-electron chi connectivity index (χ1n) is 9.26. The molecule has 0 spiro atoms. The maximum Gasteiger partial charge on any atom is 0.321 e. The first kappa shape index (κ1) is 18.5. The van der Waals surface area contributed by atoms with Gasteiger partial charge in [0.15, 0.2) is 0 Å². The number of nitrogens with zero attached hydrogens (tertiary/aromatic N) is 1. The van der Waals surface area contributed by atoms with E-state index in [1.165, 1.54) is 4.90 Å². The van der Waals surface area contributed by atoms with Crippen molar-refractivity contribution in [3.8, 4) is 5.75 Å². The van der Waals surface area contributed by atoms with Crippen molar-refractivity contribution in [2.75, 3.05) is 31.6 Å². The van der Waals surface area contributed by atoms with E-state index in [1.54, 1.807) is 24.3 Å². The number of amides is 3. The molecule has 2 N–H and O–H groups in total.